The maximum Gasteiger partial charge on any atom is 0.233 e. The van der Waals surface area contributed by atoms with Crippen molar-refractivity contribution in [3.05, 3.63) is 35.6 Å². The Morgan fingerprint density at radius 1 is 1.22 bits per heavy atom. The van der Waals surface area contributed by atoms with Crippen LogP contribution in [-0.4, -0.2) is 38.8 Å². The fourth-order valence-corrected chi connectivity index (χ4v) is 3.18. The summed E-state index contributed by atoms with van der Waals surface area (Å²) < 4.78 is 18.7. The van der Waals surface area contributed by atoms with Crippen molar-refractivity contribution in [2.75, 3.05) is 32.8 Å². The second kappa shape index (κ2) is 7.41. The van der Waals surface area contributed by atoms with E-state index in [-0.39, 0.29) is 17.1 Å². The van der Waals surface area contributed by atoms with Gasteiger partial charge in [-0.3, -0.25) is 4.79 Å². The summed E-state index contributed by atoms with van der Waals surface area (Å²) in [6.45, 7) is 3.23. The minimum absolute atomic E-state index is 0.0265. The molecule has 1 amide bonds. The predicted octanol–water partition coefficient (Wildman–Crippen LogP) is 1.99. The van der Waals surface area contributed by atoms with Crippen LogP contribution in [0.1, 0.15) is 31.2 Å². The zero-order valence-electron chi connectivity index (χ0n) is 13.4. The van der Waals surface area contributed by atoms with E-state index in [0.29, 0.717) is 26.3 Å². The molecule has 2 fully saturated rings. The highest BCUT2D eigenvalue weighted by atomic mass is 19.1. The molecule has 2 N–H and O–H groups in total. The van der Waals surface area contributed by atoms with Crippen molar-refractivity contribution in [3.63, 3.8) is 0 Å². The van der Waals surface area contributed by atoms with E-state index in [1.807, 2.05) is 12.1 Å². The summed E-state index contributed by atoms with van der Waals surface area (Å²) >= 11 is 0. The molecule has 0 bridgehead atoms. The molecule has 2 aliphatic rings. The largest absolute Gasteiger partial charge is 0.381 e. The highest BCUT2D eigenvalue weighted by molar-refractivity contribution is 5.78. The maximum atomic E-state index is 13.2. The minimum Gasteiger partial charge on any atom is -0.381 e. The molecule has 0 spiro atoms. The number of nitrogens with one attached hydrogen (secondary N) is 2. The molecule has 1 aromatic carbocycles. The van der Waals surface area contributed by atoms with Gasteiger partial charge in [-0.05, 0) is 55.8 Å². The molecule has 1 aromatic rings. The summed E-state index contributed by atoms with van der Waals surface area (Å²) in [5.74, 6) is 0.562. The van der Waals surface area contributed by atoms with Crippen molar-refractivity contribution < 1.29 is 13.9 Å². The number of rotatable bonds is 7. The van der Waals surface area contributed by atoms with E-state index in [2.05, 4.69) is 10.6 Å². The molecule has 1 heterocycles. The van der Waals surface area contributed by atoms with Gasteiger partial charge < -0.3 is 15.4 Å². The third kappa shape index (κ3) is 4.52. The van der Waals surface area contributed by atoms with E-state index in [9.17, 15) is 9.18 Å². The second-order valence-electron chi connectivity index (χ2n) is 6.75. The molecule has 1 aliphatic carbocycles. The van der Waals surface area contributed by atoms with Gasteiger partial charge in [0.1, 0.15) is 5.82 Å². The number of hydrogen-bond donors (Lipinski definition) is 2. The van der Waals surface area contributed by atoms with Crippen molar-refractivity contribution in [1.29, 1.82) is 0 Å². The standard InChI is InChI=1S/C18H25FN2O2/c19-16-5-3-15(4-6-16)18(7-9-23-10-8-18)13-21-17(22)12-20-11-14-1-2-14/h3-6,14,20H,1-2,7-13H2,(H,21,22). The van der Waals surface area contributed by atoms with Crippen LogP contribution in [0.15, 0.2) is 24.3 Å². The van der Waals surface area contributed by atoms with E-state index in [4.69, 9.17) is 4.74 Å². The van der Waals surface area contributed by atoms with Crippen LogP contribution < -0.4 is 10.6 Å². The summed E-state index contributed by atoms with van der Waals surface area (Å²) in [6, 6.07) is 6.65. The van der Waals surface area contributed by atoms with Gasteiger partial charge in [-0.15, -0.1) is 0 Å². The molecule has 0 atom stereocenters. The lowest BCUT2D eigenvalue weighted by Crippen LogP contribution is -2.46. The van der Waals surface area contributed by atoms with Gasteiger partial charge in [0.15, 0.2) is 0 Å². The molecular formula is C18H25FN2O2. The fourth-order valence-electron chi connectivity index (χ4n) is 3.18. The number of hydrogen-bond acceptors (Lipinski definition) is 3. The predicted molar refractivity (Wildman–Crippen MR) is 86.7 cm³/mol. The molecule has 1 saturated heterocycles. The van der Waals surface area contributed by atoms with Crippen molar-refractivity contribution in [3.8, 4) is 0 Å². The Kier molecular flexibility index (Phi) is 5.28. The first-order chi connectivity index (χ1) is 11.2. The van der Waals surface area contributed by atoms with E-state index in [1.54, 1.807) is 0 Å². The first-order valence-electron chi connectivity index (χ1n) is 8.49. The van der Waals surface area contributed by atoms with Crippen LogP contribution in [0, 0.1) is 11.7 Å². The molecule has 0 radical (unpaired) electrons. The van der Waals surface area contributed by atoms with Gasteiger partial charge in [0, 0.05) is 25.2 Å². The number of benzene rings is 1. The molecule has 3 rings (SSSR count). The monoisotopic (exact) mass is 320 g/mol. The van der Waals surface area contributed by atoms with Gasteiger partial charge in [-0.1, -0.05) is 12.1 Å². The molecule has 1 aliphatic heterocycles. The van der Waals surface area contributed by atoms with Crippen LogP contribution in [0.25, 0.3) is 0 Å². The number of carbonyl (C=O) groups excluding carboxylic acids is 1. The fraction of sp³-hybridized carbons (Fsp3) is 0.611. The van der Waals surface area contributed by atoms with E-state index in [1.165, 1.54) is 25.0 Å². The van der Waals surface area contributed by atoms with Gasteiger partial charge in [0.05, 0.1) is 6.54 Å². The molecular weight excluding hydrogens is 295 g/mol. The smallest absolute Gasteiger partial charge is 0.233 e. The second-order valence-corrected chi connectivity index (χ2v) is 6.75. The lowest BCUT2D eigenvalue weighted by molar-refractivity contribution is -0.120. The van der Waals surface area contributed by atoms with Crippen molar-refractivity contribution >= 4 is 5.91 Å². The molecule has 0 aromatic heterocycles. The summed E-state index contributed by atoms with van der Waals surface area (Å²) in [7, 11) is 0. The Labute approximate surface area is 136 Å². The van der Waals surface area contributed by atoms with Crippen LogP contribution in [0.3, 0.4) is 0 Å². The number of carbonyl (C=O) groups is 1. The number of ether oxygens (including phenoxy) is 1. The van der Waals surface area contributed by atoms with Crippen LogP contribution >= 0.6 is 0 Å². The van der Waals surface area contributed by atoms with E-state index >= 15 is 0 Å². The Hall–Kier alpha value is -1.46. The number of halogens is 1. The average molecular weight is 320 g/mol. The summed E-state index contributed by atoms with van der Waals surface area (Å²) in [6.07, 6.45) is 4.24. The zero-order chi connectivity index (χ0) is 16.1. The summed E-state index contributed by atoms with van der Waals surface area (Å²) in [5, 5.41) is 6.26. The Balaban J connectivity index is 1.57. The zero-order valence-corrected chi connectivity index (χ0v) is 13.4. The topological polar surface area (TPSA) is 50.4 Å². The normalized spacial score (nSPS) is 20.2. The molecule has 23 heavy (non-hydrogen) atoms. The molecule has 5 heteroatoms. The highest BCUT2D eigenvalue weighted by Gasteiger charge is 2.34. The van der Waals surface area contributed by atoms with Crippen molar-refractivity contribution in [2.24, 2.45) is 5.92 Å². The lowest BCUT2D eigenvalue weighted by atomic mass is 9.74. The first-order valence-corrected chi connectivity index (χ1v) is 8.49. The SMILES string of the molecule is O=C(CNCC1CC1)NCC1(c2ccc(F)cc2)CCOCC1. The van der Waals surface area contributed by atoms with Gasteiger partial charge >= 0.3 is 0 Å². The molecule has 4 nitrogen and oxygen atoms in total. The molecule has 0 unspecified atom stereocenters. The Bertz CT molecular complexity index is 522. The van der Waals surface area contributed by atoms with Crippen LogP contribution in [0.5, 0.6) is 0 Å². The highest BCUT2D eigenvalue weighted by Crippen LogP contribution is 2.34. The number of amides is 1. The van der Waals surface area contributed by atoms with E-state index in [0.717, 1.165) is 30.9 Å². The van der Waals surface area contributed by atoms with Crippen molar-refractivity contribution in [1.82, 2.24) is 10.6 Å². The summed E-state index contributed by atoms with van der Waals surface area (Å²) in [4.78, 5) is 12.1. The van der Waals surface area contributed by atoms with Gasteiger partial charge in [0.25, 0.3) is 0 Å². The third-order valence-corrected chi connectivity index (χ3v) is 4.95. The molecule has 126 valence electrons. The minimum atomic E-state index is -0.232. The summed E-state index contributed by atoms with van der Waals surface area (Å²) in [5.41, 5.74) is 0.923. The van der Waals surface area contributed by atoms with Crippen LogP contribution in [0.4, 0.5) is 4.39 Å². The van der Waals surface area contributed by atoms with Crippen LogP contribution in [0.2, 0.25) is 0 Å². The van der Waals surface area contributed by atoms with Crippen LogP contribution in [-0.2, 0) is 14.9 Å². The van der Waals surface area contributed by atoms with Gasteiger partial charge in [0.2, 0.25) is 5.91 Å². The Morgan fingerprint density at radius 3 is 2.57 bits per heavy atom. The first kappa shape index (κ1) is 16.4. The van der Waals surface area contributed by atoms with Gasteiger partial charge in [-0.25, -0.2) is 4.39 Å². The lowest BCUT2D eigenvalue weighted by Gasteiger charge is -2.38. The Morgan fingerprint density at radius 2 is 1.91 bits per heavy atom. The maximum absolute atomic E-state index is 13.2. The third-order valence-electron chi connectivity index (χ3n) is 4.95. The van der Waals surface area contributed by atoms with Crippen molar-refractivity contribution in [2.45, 2.75) is 31.1 Å². The average Bonchev–Trinajstić information content (AvgIpc) is 3.39. The van der Waals surface area contributed by atoms with Gasteiger partial charge in [-0.2, -0.15) is 0 Å². The molecule has 1 saturated carbocycles. The van der Waals surface area contributed by atoms with E-state index < -0.39 is 0 Å². The quantitative estimate of drug-likeness (QED) is 0.808.